The first-order valence-corrected chi connectivity index (χ1v) is 8.44. The van der Waals surface area contributed by atoms with E-state index in [4.69, 9.17) is 10.5 Å². The van der Waals surface area contributed by atoms with Crippen molar-refractivity contribution in [1.82, 2.24) is 10.2 Å². The van der Waals surface area contributed by atoms with Gasteiger partial charge in [-0.2, -0.15) is 0 Å². The first-order valence-electron chi connectivity index (χ1n) is 7.56. The standard InChI is InChI=1S/C15H23N3O3S.ClH/c1-21-12-8-13(22-10-12)15(20)18-7-3-2-4-11(18)9-17-14(19)5-6-16;/h8,10-11H,2-7,9,16H2,1H3,(H,17,19);1H. The number of hydrogen-bond acceptors (Lipinski definition) is 5. The molecule has 0 spiro atoms. The fourth-order valence-corrected chi connectivity index (χ4v) is 3.42. The summed E-state index contributed by atoms with van der Waals surface area (Å²) in [6, 6.07) is 1.82. The summed E-state index contributed by atoms with van der Waals surface area (Å²) < 4.78 is 5.14. The largest absolute Gasteiger partial charge is 0.496 e. The van der Waals surface area contributed by atoms with Crippen molar-refractivity contribution in [3.05, 3.63) is 16.3 Å². The first-order chi connectivity index (χ1) is 10.7. The lowest BCUT2D eigenvalue weighted by Gasteiger charge is -2.35. The molecule has 1 fully saturated rings. The Morgan fingerprint density at radius 3 is 2.91 bits per heavy atom. The van der Waals surface area contributed by atoms with Gasteiger partial charge < -0.3 is 20.7 Å². The molecule has 2 amide bonds. The van der Waals surface area contributed by atoms with E-state index in [1.54, 1.807) is 13.2 Å². The fraction of sp³-hybridized carbons (Fsp3) is 0.600. The van der Waals surface area contributed by atoms with Crippen LogP contribution in [-0.2, 0) is 4.79 Å². The molecular formula is C15H24ClN3O3S. The molecule has 0 aromatic carbocycles. The van der Waals surface area contributed by atoms with Crippen LogP contribution in [0.15, 0.2) is 11.4 Å². The zero-order valence-corrected chi connectivity index (χ0v) is 14.9. The highest BCUT2D eigenvalue weighted by Gasteiger charge is 2.28. The second kappa shape index (κ2) is 9.75. The third kappa shape index (κ3) is 5.37. The molecule has 2 rings (SSSR count). The van der Waals surface area contributed by atoms with Crippen molar-refractivity contribution in [1.29, 1.82) is 0 Å². The van der Waals surface area contributed by atoms with Gasteiger partial charge in [0.15, 0.2) is 0 Å². The molecule has 0 radical (unpaired) electrons. The van der Waals surface area contributed by atoms with E-state index < -0.39 is 0 Å². The van der Waals surface area contributed by atoms with Crippen molar-refractivity contribution >= 4 is 35.6 Å². The molecule has 3 N–H and O–H groups in total. The zero-order chi connectivity index (χ0) is 15.9. The molecule has 0 saturated carbocycles. The number of ether oxygens (including phenoxy) is 1. The topological polar surface area (TPSA) is 84.7 Å². The molecule has 1 saturated heterocycles. The van der Waals surface area contributed by atoms with Gasteiger partial charge in [0, 0.05) is 43.5 Å². The van der Waals surface area contributed by atoms with Crippen LogP contribution >= 0.6 is 23.7 Å². The van der Waals surface area contributed by atoms with Gasteiger partial charge in [-0.05, 0) is 19.3 Å². The smallest absolute Gasteiger partial charge is 0.264 e. The number of nitrogens with one attached hydrogen (secondary N) is 1. The van der Waals surface area contributed by atoms with Gasteiger partial charge in [0.25, 0.3) is 5.91 Å². The van der Waals surface area contributed by atoms with Gasteiger partial charge in [-0.15, -0.1) is 23.7 Å². The average molecular weight is 362 g/mol. The fourth-order valence-electron chi connectivity index (χ4n) is 2.61. The van der Waals surface area contributed by atoms with E-state index in [-0.39, 0.29) is 30.3 Å². The monoisotopic (exact) mass is 361 g/mol. The molecular weight excluding hydrogens is 338 g/mol. The molecule has 0 bridgehead atoms. The number of rotatable bonds is 6. The van der Waals surface area contributed by atoms with Crippen LogP contribution in [0.3, 0.4) is 0 Å². The number of thiophene rings is 1. The van der Waals surface area contributed by atoms with Gasteiger partial charge in [0.2, 0.25) is 5.91 Å². The summed E-state index contributed by atoms with van der Waals surface area (Å²) in [5, 5.41) is 4.70. The number of amides is 2. The molecule has 1 aliphatic rings. The Morgan fingerprint density at radius 2 is 2.26 bits per heavy atom. The molecule has 1 unspecified atom stereocenters. The molecule has 1 aliphatic heterocycles. The Morgan fingerprint density at radius 1 is 1.48 bits per heavy atom. The van der Waals surface area contributed by atoms with Gasteiger partial charge in [-0.1, -0.05) is 0 Å². The van der Waals surface area contributed by atoms with Crippen LogP contribution in [-0.4, -0.2) is 49.5 Å². The van der Waals surface area contributed by atoms with Gasteiger partial charge in [0.05, 0.1) is 12.0 Å². The molecule has 0 aliphatic carbocycles. The van der Waals surface area contributed by atoms with E-state index in [9.17, 15) is 9.59 Å². The minimum atomic E-state index is -0.0572. The van der Waals surface area contributed by atoms with E-state index in [2.05, 4.69) is 5.32 Å². The maximum absolute atomic E-state index is 12.7. The molecule has 2 heterocycles. The highest BCUT2D eigenvalue weighted by molar-refractivity contribution is 7.12. The SMILES string of the molecule is COc1csc(C(=O)N2CCCCC2CNC(=O)CCN)c1.Cl. The quantitative estimate of drug-likeness (QED) is 0.806. The normalized spacial score (nSPS) is 17.3. The van der Waals surface area contributed by atoms with E-state index in [0.29, 0.717) is 30.1 Å². The summed E-state index contributed by atoms with van der Waals surface area (Å²) in [5.74, 6) is 0.669. The number of methoxy groups -OCH3 is 1. The van der Waals surface area contributed by atoms with E-state index in [1.165, 1.54) is 11.3 Å². The lowest BCUT2D eigenvalue weighted by molar-refractivity contribution is -0.121. The Hall–Kier alpha value is -1.31. The van der Waals surface area contributed by atoms with Gasteiger partial charge in [0.1, 0.15) is 5.75 Å². The number of nitrogens with zero attached hydrogens (tertiary/aromatic N) is 1. The number of piperidine rings is 1. The zero-order valence-electron chi connectivity index (χ0n) is 13.2. The number of hydrogen-bond donors (Lipinski definition) is 2. The maximum atomic E-state index is 12.7. The van der Waals surface area contributed by atoms with Crippen LogP contribution in [0.4, 0.5) is 0 Å². The first kappa shape index (κ1) is 19.7. The molecule has 1 aromatic heterocycles. The van der Waals surface area contributed by atoms with Crippen LogP contribution in [0.25, 0.3) is 0 Å². The molecule has 8 heteroatoms. The Kier molecular flexibility index (Phi) is 8.36. The Bertz CT molecular complexity index is 524. The van der Waals surface area contributed by atoms with E-state index in [0.717, 1.165) is 25.8 Å². The van der Waals surface area contributed by atoms with Crippen molar-refractivity contribution in [3.63, 3.8) is 0 Å². The highest BCUT2D eigenvalue weighted by Crippen LogP contribution is 2.25. The lowest BCUT2D eigenvalue weighted by atomic mass is 10.0. The summed E-state index contributed by atoms with van der Waals surface area (Å²) in [6.45, 7) is 1.57. The molecule has 1 aromatic rings. The van der Waals surface area contributed by atoms with Crippen LogP contribution in [0.5, 0.6) is 5.75 Å². The Balaban J connectivity index is 0.00000264. The van der Waals surface area contributed by atoms with E-state index >= 15 is 0 Å². The lowest BCUT2D eigenvalue weighted by Crippen LogP contribution is -2.49. The van der Waals surface area contributed by atoms with Crippen molar-refractivity contribution in [2.75, 3.05) is 26.7 Å². The second-order valence-electron chi connectivity index (χ2n) is 5.34. The predicted molar refractivity (Wildman–Crippen MR) is 93.5 cm³/mol. The average Bonchev–Trinajstić information content (AvgIpc) is 3.02. The number of carbonyl (C=O) groups excluding carboxylic acids is 2. The number of likely N-dealkylation sites (tertiary alicyclic amines) is 1. The van der Waals surface area contributed by atoms with Crippen LogP contribution in [0, 0.1) is 0 Å². The second-order valence-corrected chi connectivity index (χ2v) is 6.25. The summed E-state index contributed by atoms with van der Waals surface area (Å²) in [4.78, 5) is 26.8. The van der Waals surface area contributed by atoms with Gasteiger partial charge in [-0.25, -0.2) is 0 Å². The molecule has 1 atom stereocenters. The number of nitrogens with two attached hydrogens (primary N) is 1. The third-order valence-corrected chi connectivity index (χ3v) is 4.71. The summed E-state index contributed by atoms with van der Waals surface area (Å²) >= 11 is 1.39. The summed E-state index contributed by atoms with van der Waals surface area (Å²) in [5.41, 5.74) is 5.37. The number of halogens is 1. The molecule has 6 nitrogen and oxygen atoms in total. The van der Waals surface area contributed by atoms with Crippen LogP contribution in [0.1, 0.15) is 35.4 Å². The highest BCUT2D eigenvalue weighted by atomic mass is 35.5. The van der Waals surface area contributed by atoms with Crippen molar-refractivity contribution < 1.29 is 14.3 Å². The van der Waals surface area contributed by atoms with Gasteiger partial charge >= 0.3 is 0 Å². The van der Waals surface area contributed by atoms with Gasteiger partial charge in [-0.3, -0.25) is 9.59 Å². The Labute approximate surface area is 146 Å². The van der Waals surface area contributed by atoms with Crippen molar-refractivity contribution in [2.24, 2.45) is 5.73 Å². The molecule has 130 valence electrons. The van der Waals surface area contributed by atoms with Crippen LogP contribution < -0.4 is 15.8 Å². The summed E-state index contributed by atoms with van der Waals surface area (Å²) in [7, 11) is 1.59. The minimum absolute atomic E-state index is 0. The van der Waals surface area contributed by atoms with Crippen LogP contribution in [0.2, 0.25) is 0 Å². The van der Waals surface area contributed by atoms with E-state index in [1.807, 2.05) is 10.3 Å². The predicted octanol–water partition coefficient (Wildman–Crippen LogP) is 1.64. The molecule has 23 heavy (non-hydrogen) atoms. The summed E-state index contributed by atoms with van der Waals surface area (Å²) in [6.07, 6.45) is 3.32. The maximum Gasteiger partial charge on any atom is 0.264 e. The minimum Gasteiger partial charge on any atom is -0.496 e. The number of carbonyl (C=O) groups is 2. The van der Waals surface area contributed by atoms with Crippen molar-refractivity contribution in [3.8, 4) is 5.75 Å². The third-order valence-electron chi connectivity index (χ3n) is 3.82. The van der Waals surface area contributed by atoms with Crippen molar-refractivity contribution in [2.45, 2.75) is 31.7 Å².